The molecule has 3 aromatic rings. The first-order valence-corrected chi connectivity index (χ1v) is 8.09. The molecule has 2 aromatic heterocycles. The molecule has 5 nitrogen and oxygen atoms in total. The van der Waals surface area contributed by atoms with Gasteiger partial charge in [-0.05, 0) is 40.2 Å². The summed E-state index contributed by atoms with van der Waals surface area (Å²) < 4.78 is 19.0. The number of aromatic nitrogens is 2. The number of amides is 1. The number of pyridine rings is 1. The predicted octanol–water partition coefficient (Wildman–Crippen LogP) is 4.48. The van der Waals surface area contributed by atoms with Crippen LogP contribution in [0.25, 0.3) is 0 Å². The van der Waals surface area contributed by atoms with Gasteiger partial charge in [0.2, 0.25) is 5.88 Å². The minimum atomic E-state index is -0.369. The topological polar surface area (TPSA) is 64.1 Å². The standard InChI is InChI=1S/C15H9BrFN3O2S/c16-11-7-10(17)2-3-12(11)22-13-4-1-9(8-19-13)14(21)20-15-18-5-6-23-15/h1-8H,(H,18,20,21). The number of halogens is 2. The molecule has 0 spiro atoms. The lowest BCUT2D eigenvalue weighted by atomic mass is 10.2. The van der Waals surface area contributed by atoms with Crippen LogP contribution in [-0.2, 0) is 0 Å². The number of carbonyl (C=O) groups excluding carboxylic acids is 1. The SMILES string of the molecule is O=C(Nc1nccs1)c1ccc(Oc2ccc(F)cc2Br)nc1. The highest BCUT2D eigenvalue weighted by atomic mass is 79.9. The monoisotopic (exact) mass is 393 g/mol. The van der Waals surface area contributed by atoms with E-state index in [-0.39, 0.29) is 11.7 Å². The van der Waals surface area contributed by atoms with Gasteiger partial charge in [-0.1, -0.05) is 0 Å². The third-order valence-electron chi connectivity index (χ3n) is 2.76. The maximum absolute atomic E-state index is 13.0. The largest absolute Gasteiger partial charge is 0.438 e. The molecule has 2 heterocycles. The highest BCUT2D eigenvalue weighted by molar-refractivity contribution is 9.10. The highest BCUT2D eigenvalue weighted by Gasteiger charge is 2.10. The molecule has 8 heteroatoms. The zero-order valence-corrected chi connectivity index (χ0v) is 13.9. The number of nitrogens with one attached hydrogen (secondary N) is 1. The fourth-order valence-electron chi connectivity index (χ4n) is 1.70. The molecule has 3 rings (SSSR count). The van der Waals surface area contributed by atoms with Crippen molar-refractivity contribution < 1.29 is 13.9 Å². The molecule has 0 bridgehead atoms. The second-order valence-corrected chi connectivity index (χ2v) is 6.10. The Bertz CT molecular complexity index is 825. The van der Waals surface area contributed by atoms with Crippen molar-refractivity contribution in [2.24, 2.45) is 0 Å². The van der Waals surface area contributed by atoms with E-state index in [0.717, 1.165) is 0 Å². The molecule has 0 radical (unpaired) electrons. The van der Waals surface area contributed by atoms with Crippen LogP contribution in [0.4, 0.5) is 9.52 Å². The Morgan fingerprint density at radius 1 is 1.26 bits per heavy atom. The number of carbonyl (C=O) groups is 1. The molecule has 23 heavy (non-hydrogen) atoms. The van der Waals surface area contributed by atoms with Crippen molar-refractivity contribution in [2.75, 3.05) is 5.32 Å². The number of ether oxygens (including phenoxy) is 1. The Morgan fingerprint density at radius 3 is 2.78 bits per heavy atom. The van der Waals surface area contributed by atoms with Crippen molar-refractivity contribution in [3.05, 3.63) is 64.0 Å². The van der Waals surface area contributed by atoms with Gasteiger partial charge in [0.05, 0.1) is 10.0 Å². The molecule has 0 unspecified atom stereocenters. The maximum atomic E-state index is 13.0. The first-order valence-electron chi connectivity index (χ1n) is 6.41. The van der Waals surface area contributed by atoms with Gasteiger partial charge in [-0.25, -0.2) is 14.4 Å². The molecule has 116 valence electrons. The molecule has 0 atom stereocenters. The molecule has 1 amide bonds. The fourth-order valence-corrected chi connectivity index (χ4v) is 2.66. The van der Waals surface area contributed by atoms with Gasteiger partial charge in [0, 0.05) is 23.8 Å². The maximum Gasteiger partial charge on any atom is 0.259 e. The number of hydrogen-bond acceptors (Lipinski definition) is 5. The summed E-state index contributed by atoms with van der Waals surface area (Å²) in [6.07, 6.45) is 3.01. The summed E-state index contributed by atoms with van der Waals surface area (Å²) in [5.74, 6) is 0.0512. The van der Waals surface area contributed by atoms with Crippen molar-refractivity contribution in [3.63, 3.8) is 0 Å². The second kappa shape index (κ2) is 6.84. The number of hydrogen-bond donors (Lipinski definition) is 1. The Labute approximate surface area is 143 Å². The second-order valence-electron chi connectivity index (χ2n) is 4.35. The summed E-state index contributed by atoms with van der Waals surface area (Å²) in [6, 6.07) is 7.22. The fraction of sp³-hybridized carbons (Fsp3) is 0. The zero-order valence-electron chi connectivity index (χ0n) is 11.5. The normalized spacial score (nSPS) is 10.3. The van der Waals surface area contributed by atoms with Gasteiger partial charge in [0.15, 0.2) is 5.13 Å². The van der Waals surface area contributed by atoms with Crippen LogP contribution in [0.5, 0.6) is 11.6 Å². The van der Waals surface area contributed by atoms with E-state index in [2.05, 4.69) is 31.2 Å². The Morgan fingerprint density at radius 2 is 2.13 bits per heavy atom. The van der Waals surface area contributed by atoms with Crippen LogP contribution < -0.4 is 10.1 Å². The van der Waals surface area contributed by atoms with E-state index in [4.69, 9.17) is 4.74 Å². The van der Waals surface area contributed by atoms with Crippen LogP contribution >= 0.6 is 27.3 Å². The Kier molecular flexibility index (Phi) is 4.63. The summed E-state index contributed by atoms with van der Waals surface area (Å²) in [4.78, 5) is 20.0. The van der Waals surface area contributed by atoms with Crippen LogP contribution in [0.3, 0.4) is 0 Å². The predicted molar refractivity (Wildman–Crippen MR) is 88.5 cm³/mol. The van der Waals surface area contributed by atoms with Crippen molar-refractivity contribution in [3.8, 4) is 11.6 Å². The third kappa shape index (κ3) is 3.91. The molecular formula is C15H9BrFN3O2S. The number of nitrogens with zero attached hydrogens (tertiary/aromatic N) is 2. The lowest BCUT2D eigenvalue weighted by Crippen LogP contribution is -2.11. The van der Waals surface area contributed by atoms with Gasteiger partial charge >= 0.3 is 0 Å². The molecular weight excluding hydrogens is 385 g/mol. The van der Waals surface area contributed by atoms with E-state index in [1.165, 1.54) is 35.7 Å². The van der Waals surface area contributed by atoms with Crippen LogP contribution in [0.15, 0.2) is 52.6 Å². The van der Waals surface area contributed by atoms with Crippen molar-refractivity contribution in [1.82, 2.24) is 9.97 Å². The summed E-state index contributed by atoms with van der Waals surface area (Å²) in [6.45, 7) is 0. The summed E-state index contributed by atoms with van der Waals surface area (Å²) >= 11 is 4.54. The smallest absolute Gasteiger partial charge is 0.259 e. The minimum Gasteiger partial charge on any atom is -0.438 e. The quantitative estimate of drug-likeness (QED) is 0.709. The number of thiazole rings is 1. The summed E-state index contributed by atoms with van der Waals surface area (Å²) in [5, 5.41) is 4.95. The Balaban J connectivity index is 1.70. The summed E-state index contributed by atoms with van der Waals surface area (Å²) in [7, 11) is 0. The molecule has 1 aromatic carbocycles. The lowest BCUT2D eigenvalue weighted by molar-refractivity contribution is 0.102. The Hall–Kier alpha value is -2.32. The van der Waals surface area contributed by atoms with Crippen LogP contribution in [0.1, 0.15) is 10.4 Å². The first-order chi connectivity index (χ1) is 11.1. The molecule has 1 N–H and O–H groups in total. The van der Waals surface area contributed by atoms with E-state index in [0.29, 0.717) is 26.8 Å². The lowest BCUT2D eigenvalue weighted by Gasteiger charge is -2.07. The van der Waals surface area contributed by atoms with E-state index in [1.54, 1.807) is 23.7 Å². The van der Waals surface area contributed by atoms with Gasteiger partial charge < -0.3 is 4.74 Å². The van der Waals surface area contributed by atoms with Crippen LogP contribution in [0, 0.1) is 5.82 Å². The molecule has 0 aliphatic carbocycles. The average molecular weight is 394 g/mol. The molecule has 0 aliphatic rings. The molecule has 0 aliphatic heterocycles. The first kappa shape index (κ1) is 15.6. The molecule has 0 saturated heterocycles. The van der Waals surface area contributed by atoms with Gasteiger partial charge in [-0.3, -0.25) is 10.1 Å². The van der Waals surface area contributed by atoms with E-state index in [1.807, 2.05) is 0 Å². The van der Waals surface area contributed by atoms with E-state index in [9.17, 15) is 9.18 Å². The van der Waals surface area contributed by atoms with Gasteiger partial charge in [-0.15, -0.1) is 11.3 Å². The highest BCUT2D eigenvalue weighted by Crippen LogP contribution is 2.29. The van der Waals surface area contributed by atoms with Crippen LogP contribution in [-0.4, -0.2) is 15.9 Å². The summed E-state index contributed by atoms with van der Waals surface area (Å²) in [5.41, 5.74) is 0.380. The van der Waals surface area contributed by atoms with Crippen LogP contribution in [0.2, 0.25) is 0 Å². The number of benzene rings is 1. The minimum absolute atomic E-state index is 0.295. The number of anilines is 1. The van der Waals surface area contributed by atoms with E-state index < -0.39 is 0 Å². The molecule has 0 fully saturated rings. The van der Waals surface area contributed by atoms with Gasteiger partial charge in [-0.2, -0.15) is 0 Å². The molecule has 0 saturated carbocycles. The van der Waals surface area contributed by atoms with E-state index >= 15 is 0 Å². The van der Waals surface area contributed by atoms with Crippen molar-refractivity contribution in [1.29, 1.82) is 0 Å². The van der Waals surface area contributed by atoms with Gasteiger partial charge in [0.25, 0.3) is 5.91 Å². The zero-order chi connectivity index (χ0) is 16.2. The van der Waals surface area contributed by atoms with Crippen molar-refractivity contribution in [2.45, 2.75) is 0 Å². The average Bonchev–Trinajstić information content (AvgIpc) is 3.04. The van der Waals surface area contributed by atoms with Crippen molar-refractivity contribution >= 4 is 38.3 Å². The third-order valence-corrected chi connectivity index (χ3v) is 4.07. The number of rotatable bonds is 4. The van der Waals surface area contributed by atoms with Gasteiger partial charge in [0.1, 0.15) is 11.6 Å².